The standard InChI is InChI=1S/C10H12N2S/c1-6-5-12(4)8(3)9-7(2)11-13-10(6)9/h5H,3H2,1-2,4H3. The second-order valence-electron chi connectivity index (χ2n) is 3.34. The van der Waals surface area contributed by atoms with Crippen LogP contribution in [0.15, 0.2) is 12.8 Å². The lowest BCUT2D eigenvalue weighted by molar-refractivity contribution is 0.652. The van der Waals surface area contributed by atoms with E-state index in [1.807, 2.05) is 14.0 Å². The van der Waals surface area contributed by atoms with E-state index in [1.54, 1.807) is 11.5 Å². The molecule has 0 saturated carbocycles. The molecule has 2 nitrogen and oxygen atoms in total. The van der Waals surface area contributed by atoms with Crippen LogP contribution in [0.1, 0.15) is 23.1 Å². The summed E-state index contributed by atoms with van der Waals surface area (Å²) < 4.78 is 4.35. The van der Waals surface area contributed by atoms with Crippen LogP contribution in [0.4, 0.5) is 0 Å². The molecule has 1 aromatic heterocycles. The normalized spacial score (nSPS) is 15.8. The number of aryl methyl sites for hydroxylation is 1. The van der Waals surface area contributed by atoms with E-state index in [9.17, 15) is 0 Å². The summed E-state index contributed by atoms with van der Waals surface area (Å²) in [5.74, 6) is 0. The van der Waals surface area contributed by atoms with E-state index >= 15 is 0 Å². The van der Waals surface area contributed by atoms with Gasteiger partial charge in [-0.15, -0.1) is 0 Å². The molecule has 1 aromatic rings. The van der Waals surface area contributed by atoms with E-state index in [4.69, 9.17) is 0 Å². The first-order valence-corrected chi connectivity index (χ1v) is 4.95. The Kier molecular flexibility index (Phi) is 1.77. The van der Waals surface area contributed by atoms with Gasteiger partial charge in [0.2, 0.25) is 0 Å². The van der Waals surface area contributed by atoms with Crippen molar-refractivity contribution in [1.82, 2.24) is 9.27 Å². The molecule has 0 bridgehead atoms. The predicted octanol–water partition coefficient (Wildman–Crippen LogP) is 2.73. The molecule has 1 aliphatic heterocycles. The molecule has 2 rings (SSSR count). The highest BCUT2D eigenvalue weighted by atomic mass is 32.1. The Morgan fingerprint density at radius 3 is 2.85 bits per heavy atom. The number of allylic oxidation sites excluding steroid dienone is 1. The van der Waals surface area contributed by atoms with Gasteiger partial charge in [0.1, 0.15) is 0 Å². The molecule has 0 radical (unpaired) electrons. The minimum absolute atomic E-state index is 1.05. The van der Waals surface area contributed by atoms with Gasteiger partial charge in [-0.1, -0.05) is 6.58 Å². The van der Waals surface area contributed by atoms with Crippen molar-refractivity contribution in [3.8, 4) is 0 Å². The van der Waals surface area contributed by atoms with Crippen LogP contribution < -0.4 is 0 Å². The third-order valence-electron chi connectivity index (χ3n) is 2.32. The van der Waals surface area contributed by atoms with E-state index < -0.39 is 0 Å². The molecule has 0 amide bonds. The molecule has 2 heterocycles. The third-order valence-corrected chi connectivity index (χ3v) is 3.40. The van der Waals surface area contributed by atoms with E-state index in [0.29, 0.717) is 0 Å². The second kappa shape index (κ2) is 2.70. The minimum Gasteiger partial charge on any atom is -0.351 e. The second-order valence-corrected chi connectivity index (χ2v) is 4.12. The van der Waals surface area contributed by atoms with Crippen LogP contribution in [-0.4, -0.2) is 16.3 Å². The molecule has 0 spiro atoms. The smallest absolute Gasteiger partial charge is 0.0617 e. The third kappa shape index (κ3) is 1.11. The largest absolute Gasteiger partial charge is 0.351 e. The highest BCUT2D eigenvalue weighted by Gasteiger charge is 2.20. The predicted molar refractivity (Wildman–Crippen MR) is 57.3 cm³/mol. The van der Waals surface area contributed by atoms with Gasteiger partial charge in [-0.05, 0) is 31.0 Å². The van der Waals surface area contributed by atoms with Gasteiger partial charge in [0, 0.05) is 24.5 Å². The van der Waals surface area contributed by atoms with Crippen molar-refractivity contribution in [3.05, 3.63) is 28.9 Å². The lowest BCUT2D eigenvalue weighted by Gasteiger charge is -2.23. The maximum Gasteiger partial charge on any atom is 0.0617 e. The van der Waals surface area contributed by atoms with Crippen molar-refractivity contribution in [2.45, 2.75) is 13.8 Å². The van der Waals surface area contributed by atoms with Gasteiger partial charge >= 0.3 is 0 Å². The summed E-state index contributed by atoms with van der Waals surface area (Å²) in [6.45, 7) is 8.20. The monoisotopic (exact) mass is 192 g/mol. The maximum absolute atomic E-state index is 4.35. The topological polar surface area (TPSA) is 16.1 Å². The molecule has 0 saturated heterocycles. The summed E-state index contributed by atoms with van der Waals surface area (Å²) in [7, 11) is 2.02. The van der Waals surface area contributed by atoms with Gasteiger partial charge < -0.3 is 4.90 Å². The van der Waals surface area contributed by atoms with E-state index in [-0.39, 0.29) is 0 Å². The number of hydrogen-bond donors (Lipinski definition) is 0. The molecule has 0 atom stereocenters. The summed E-state index contributed by atoms with van der Waals surface area (Å²) in [5.41, 5.74) is 4.62. The number of rotatable bonds is 0. The zero-order valence-corrected chi connectivity index (χ0v) is 8.90. The lowest BCUT2D eigenvalue weighted by atomic mass is 10.0. The maximum atomic E-state index is 4.35. The van der Waals surface area contributed by atoms with E-state index in [2.05, 4.69) is 29.0 Å². The Balaban J connectivity index is 2.67. The molecule has 13 heavy (non-hydrogen) atoms. The molecule has 1 aliphatic rings. The van der Waals surface area contributed by atoms with Crippen molar-refractivity contribution >= 4 is 22.8 Å². The fraction of sp³-hybridized carbons (Fsp3) is 0.300. The van der Waals surface area contributed by atoms with Crippen LogP contribution >= 0.6 is 11.5 Å². The minimum atomic E-state index is 1.05. The van der Waals surface area contributed by atoms with Crippen LogP contribution in [0.3, 0.4) is 0 Å². The molecular weight excluding hydrogens is 180 g/mol. The number of nitrogens with zero attached hydrogens (tertiary/aromatic N) is 2. The highest BCUT2D eigenvalue weighted by Crippen LogP contribution is 2.36. The molecule has 0 N–H and O–H groups in total. The molecule has 0 unspecified atom stereocenters. The molecule has 0 fully saturated rings. The van der Waals surface area contributed by atoms with Crippen molar-refractivity contribution in [2.24, 2.45) is 0 Å². The Hall–Kier alpha value is -1.09. The first-order valence-electron chi connectivity index (χ1n) is 4.18. The van der Waals surface area contributed by atoms with Gasteiger partial charge in [0.15, 0.2) is 0 Å². The average Bonchev–Trinajstić information content (AvgIpc) is 2.44. The van der Waals surface area contributed by atoms with Crippen molar-refractivity contribution in [3.63, 3.8) is 0 Å². The number of hydrogen-bond acceptors (Lipinski definition) is 3. The number of fused-ring (bicyclic) bond motifs is 1. The molecule has 3 heteroatoms. The zero-order valence-electron chi connectivity index (χ0n) is 8.09. The van der Waals surface area contributed by atoms with Crippen LogP contribution in [-0.2, 0) is 0 Å². The summed E-state index contributed by atoms with van der Waals surface area (Å²) in [5, 5.41) is 0. The quantitative estimate of drug-likeness (QED) is 0.628. The van der Waals surface area contributed by atoms with Gasteiger partial charge in [0.05, 0.1) is 10.6 Å². The van der Waals surface area contributed by atoms with Gasteiger partial charge in [-0.2, -0.15) is 4.37 Å². The Morgan fingerprint density at radius 2 is 2.15 bits per heavy atom. The fourth-order valence-electron chi connectivity index (χ4n) is 1.58. The summed E-state index contributed by atoms with van der Waals surface area (Å²) in [4.78, 5) is 3.32. The average molecular weight is 192 g/mol. The summed E-state index contributed by atoms with van der Waals surface area (Å²) in [6.07, 6.45) is 2.10. The SMILES string of the molecule is C=C1c2c(C)nsc2C(C)=CN1C. The van der Waals surface area contributed by atoms with Crippen molar-refractivity contribution in [1.29, 1.82) is 0 Å². The van der Waals surface area contributed by atoms with Crippen molar-refractivity contribution in [2.75, 3.05) is 7.05 Å². The fourth-order valence-corrected chi connectivity index (χ4v) is 2.46. The molecule has 0 aliphatic carbocycles. The highest BCUT2D eigenvalue weighted by molar-refractivity contribution is 7.07. The Bertz CT molecular complexity index is 401. The van der Waals surface area contributed by atoms with Crippen LogP contribution in [0, 0.1) is 6.92 Å². The van der Waals surface area contributed by atoms with Gasteiger partial charge in [-0.3, -0.25) is 0 Å². The van der Waals surface area contributed by atoms with Crippen LogP contribution in [0.5, 0.6) is 0 Å². The first kappa shape index (κ1) is 8.51. The molecule has 68 valence electrons. The molecular formula is C10H12N2S. The Labute approximate surface area is 82.4 Å². The first-order chi connectivity index (χ1) is 6.11. The summed E-state index contributed by atoms with van der Waals surface area (Å²) in [6, 6.07) is 0. The lowest BCUT2D eigenvalue weighted by Crippen LogP contribution is -2.13. The van der Waals surface area contributed by atoms with Gasteiger partial charge in [0.25, 0.3) is 0 Å². The van der Waals surface area contributed by atoms with Gasteiger partial charge in [-0.25, -0.2) is 0 Å². The Morgan fingerprint density at radius 1 is 1.46 bits per heavy atom. The van der Waals surface area contributed by atoms with E-state index in [1.165, 1.54) is 16.0 Å². The summed E-state index contributed by atoms with van der Waals surface area (Å²) >= 11 is 1.56. The van der Waals surface area contributed by atoms with E-state index in [0.717, 1.165) is 11.4 Å². The van der Waals surface area contributed by atoms with Crippen LogP contribution in [0.25, 0.3) is 11.3 Å². The van der Waals surface area contributed by atoms with Crippen LogP contribution in [0.2, 0.25) is 0 Å². The molecule has 0 aromatic carbocycles. The number of aromatic nitrogens is 1. The van der Waals surface area contributed by atoms with Crippen molar-refractivity contribution < 1.29 is 0 Å². The zero-order chi connectivity index (χ0) is 9.59.